The van der Waals surface area contributed by atoms with Gasteiger partial charge in [0.05, 0.1) is 0 Å². The Morgan fingerprint density at radius 3 is 2.60 bits per heavy atom. The van der Waals surface area contributed by atoms with Crippen molar-refractivity contribution in [1.82, 2.24) is 5.32 Å². The van der Waals surface area contributed by atoms with Crippen LogP contribution in [-0.4, -0.2) is 11.8 Å². The number of amides is 2. The van der Waals surface area contributed by atoms with Crippen LogP contribution in [-0.2, 0) is 9.59 Å². The van der Waals surface area contributed by atoms with Crippen molar-refractivity contribution in [1.29, 1.82) is 0 Å². The molecule has 0 fully saturated rings. The Balaban J connectivity index is 1.89. The maximum atomic E-state index is 13.2. The normalized spacial score (nSPS) is 16.8. The summed E-state index contributed by atoms with van der Waals surface area (Å²) < 4.78 is 13.2. The van der Waals surface area contributed by atoms with Gasteiger partial charge in [-0.1, -0.05) is 24.3 Å². The van der Waals surface area contributed by atoms with Crippen LogP contribution in [0.2, 0.25) is 0 Å². The van der Waals surface area contributed by atoms with E-state index in [0.29, 0.717) is 5.57 Å². The molecule has 0 aromatic heterocycles. The van der Waals surface area contributed by atoms with Crippen molar-refractivity contribution in [3.05, 3.63) is 76.7 Å². The summed E-state index contributed by atoms with van der Waals surface area (Å²) in [5, 5.41) is 5.51. The molecule has 2 aromatic rings. The van der Waals surface area contributed by atoms with Gasteiger partial charge in [0, 0.05) is 29.8 Å². The second kappa shape index (κ2) is 6.89. The monoisotopic (exact) mass is 338 g/mol. The molecule has 2 amide bonds. The first-order valence-electron chi connectivity index (χ1n) is 8.07. The molecule has 1 heterocycles. The summed E-state index contributed by atoms with van der Waals surface area (Å²) in [4.78, 5) is 24.6. The van der Waals surface area contributed by atoms with Crippen LogP contribution in [0.1, 0.15) is 29.0 Å². The summed E-state index contributed by atoms with van der Waals surface area (Å²) in [6, 6.07) is 11.7. The van der Waals surface area contributed by atoms with Gasteiger partial charge < -0.3 is 10.6 Å². The number of nitrogens with one attached hydrogen (secondary N) is 2. The van der Waals surface area contributed by atoms with Gasteiger partial charge >= 0.3 is 0 Å². The molecule has 0 saturated carbocycles. The van der Waals surface area contributed by atoms with Crippen LogP contribution in [0, 0.1) is 19.7 Å². The molecule has 0 radical (unpaired) electrons. The Hall–Kier alpha value is -2.95. The summed E-state index contributed by atoms with van der Waals surface area (Å²) in [7, 11) is 0. The number of carbonyl (C=O) groups is 2. The van der Waals surface area contributed by atoms with Gasteiger partial charge in [0.2, 0.25) is 5.91 Å². The third-order valence-electron chi connectivity index (χ3n) is 4.33. The van der Waals surface area contributed by atoms with Gasteiger partial charge in [-0.15, -0.1) is 0 Å². The van der Waals surface area contributed by atoms with Crippen LogP contribution in [0.3, 0.4) is 0 Å². The Morgan fingerprint density at radius 1 is 1.16 bits per heavy atom. The van der Waals surface area contributed by atoms with Crippen molar-refractivity contribution >= 4 is 17.5 Å². The highest BCUT2D eigenvalue weighted by molar-refractivity contribution is 6.06. The Bertz CT molecular complexity index is 856. The zero-order valence-corrected chi connectivity index (χ0v) is 14.1. The van der Waals surface area contributed by atoms with Gasteiger partial charge in [-0.25, -0.2) is 4.39 Å². The highest BCUT2D eigenvalue weighted by Crippen LogP contribution is 2.31. The molecular formula is C20H19FN2O2. The molecule has 3 rings (SSSR count). The maximum Gasteiger partial charge on any atom is 0.253 e. The van der Waals surface area contributed by atoms with E-state index in [0.717, 1.165) is 22.4 Å². The predicted molar refractivity (Wildman–Crippen MR) is 94.5 cm³/mol. The number of benzene rings is 2. The summed E-state index contributed by atoms with van der Waals surface area (Å²) in [6.07, 6.45) is 1.60. The minimum absolute atomic E-state index is 0.150. The van der Waals surface area contributed by atoms with E-state index in [2.05, 4.69) is 10.6 Å². The van der Waals surface area contributed by atoms with Gasteiger partial charge in [0.1, 0.15) is 5.82 Å². The molecule has 5 heteroatoms. The van der Waals surface area contributed by atoms with Crippen LogP contribution >= 0.6 is 0 Å². The summed E-state index contributed by atoms with van der Waals surface area (Å²) in [5.74, 6) is -1.20. The quantitative estimate of drug-likeness (QED) is 0.899. The number of halogens is 1. The molecule has 0 spiro atoms. The van der Waals surface area contributed by atoms with Crippen molar-refractivity contribution in [3.63, 3.8) is 0 Å². The molecule has 0 aliphatic carbocycles. The number of hydrogen-bond acceptors (Lipinski definition) is 2. The van der Waals surface area contributed by atoms with Crippen molar-refractivity contribution in [2.24, 2.45) is 0 Å². The number of carbonyl (C=O) groups excluding carboxylic acids is 2. The fourth-order valence-corrected chi connectivity index (χ4v) is 2.89. The van der Waals surface area contributed by atoms with Gasteiger partial charge in [-0.3, -0.25) is 9.59 Å². The summed E-state index contributed by atoms with van der Waals surface area (Å²) in [5.41, 5.74) is 3.92. The average molecular weight is 338 g/mol. The summed E-state index contributed by atoms with van der Waals surface area (Å²) >= 11 is 0. The average Bonchev–Trinajstić information content (AvgIpc) is 2.58. The molecule has 2 aromatic carbocycles. The molecule has 1 aliphatic rings. The third kappa shape index (κ3) is 3.76. The Kier molecular flexibility index (Phi) is 4.65. The van der Waals surface area contributed by atoms with Gasteiger partial charge in [-0.05, 0) is 48.7 Å². The van der Waals surface area contributed by atoms with E-state index < -0.39 is 5.92 Å². The molecule has 25 heavy (non-hydrogen) atoms. The lowest BCUT2D eigenvalue weighted by molar-refractivity contribution is -0.121. The number of hydrogen-bond donors (Lipinski definition) is 2. The zero-order valence-electron chi connectivity index (χ0n) is 14.1. The fourth-order valence-electron chi connectivity index (χ4n) is 2.89. The lowest BCUT2D eigenvalue weighted by atomic mass is 9.86. The second-order valence-electron chi connectivity index (χ2n) is 6.25. The van der Waals surface area contributed by atoms with Gasteiger partial charge in [0.15, 0.2) is 0 Å². The van der Waals surface area contributed by atoms with E-state index in [1.807, 2.05) is 32.0 Å². The van der Waals surface area contributed by atoms with E-state index in [1.54, 1.807) is 12.1 Å². The van der Waals surface area contributed by atoms with Crippen LogP contribution in [0.25, 0.3) is 0 Å². The van der Waals surface area contributed by atoms with Crippen molar-refractivity contribution in [3.8, 4) is 0 Å². The Morgan fingerprint density at radius 2 is 1.88 bits per heavy atom. The number of aryl methyl sites for hydroxylation is 2. The van der Waals surface area contributed by atoms with Crippen LogP contribution < -0.4 is 10.6 Å². The molecule has 0 unspecified atom stereocenters. The molecule has 0 bridgehead atoms. The van der Waals surface area contributed by atoms with Crippen molar-refractivity contribution in [2.75, 3.05) is 5.32 Å². The molecule has 1 atom stereocenters. The van der Waals surface area contributed by atoms with Crippen LogP contribution in [0.5, 0.6) is 0 Å². The SMILES string of the molecule is Cc1ccc(C)c(NC(=O)C2=CNC(=O)C[C@@H]2c2ccc(F)cc2)c1. The van der Waals surface area contributed by atoms with Crippen LogP contribution in [0.4, 0.5) is 10.1 Å². The molecule has 4 nitrogen and oxygen atoms in total. The third-order valence-corrected chi connectivity index (χ3v) is 4.33. The van der Waals surface area contributed by atoms with E-state index in [-0.39, 0.29) is 24.1 Å². The van der Waals surface area contributed by atoms with E-state index >= 15 is 0 Å². The maximum absolute atomic E-state index is 13.2. The Labute approximate surface area is 145 Å². The smallest absolute Gasteiger partial charge is 0.253 e. The fraction of sp³-hybridized carbons (Fsp3) is 0.200. The lowest BCUT2D eigenvalue weighted by Gasteiger charge is -2.24. The highest BCUT2D eigenvalue weighted by atomic mass is 19.1. The molecule has 128 valence electrons. The van der Waals surface area contributed by atoms with Crippen LogP contribution in [0.15, 0.2) is 54.2 Å². The zero-order chi connectivity index (χ0) is 18.0. The van der Waals surface area contributed by atoms with Crippen molar-refractivity contribution < 1.29 is 14.0 Å². The van der Waals surface area contributed by atoms with E-state index in [9.17, 15) is 14.0 Å². The van der Waals surface area contributed by atoms with Gasteiger partial charge in [-0.2, -0.15) is 0 Å². The first-order valence-corrected chi connectivity index (χ1v) is 8.07. The molecule has 2 N–H and O–H groups in total. The topological polar surface area (TPSA) is 58.2 Å². The van der Waals surface area contributed by atoms with E-state index in [1.165, 1.54) is 18.3 Å². The number of anilines is 1. The van der Waals surface area contributed by atoms with Crippen molar-refractivity contribution in [2.45, 2.75) is 26.2 Å². The highest BCUT2D eigenvalue weighted by Gasteiger charge is 2.29. The number of rotatable bonds is 3. The van der Waals surface area contributed by atoms with E-state index in [4.69, 9.17) is 0 Å². The first-order chi connectivity index (χ1) is 11.9. The first kappa shape index (κ1) is 16.9. The molecule has 0 saturated heterocycles. The van der Waals surface area contributed by atoms with Gasteiger partial charge in [0.25, 0.3) is 5.91 Å². The predicted octanol–water partition coefficient (Wildman–Crippen LogP) is 3.57. The largest absolute Gasteiger partial charge is 0.332 e. The minimum Gasteiger partial charge on any atom is -0.332 e. The molecule has 1 aliphatic heterocycles. The summed E-state index contributed by atoms with van der Waals surface area (Å²) in [6.45, 7) is 3.88. The minimum atomic E-state index is -0.403. The standard InChI is InChI=1S/C20H19FN2O2/c1-12-3-4-13(2)18(9-12)23-20(25)17-11-22-19(24)10-16(17)14-5-7-15(21)8-6-14/h3-9,11,16H,10H2,1-2H3,(H,22,24)(H,23,25)/t16-/m1/s1. The second-order valence-corrected chi connectivity index (χ2v) is 6.25. The molecular weight excluding hydrogens is 319 g/mol. The lowest BCUT2D eigenvalue weighted by Crippen LogP contribution is -2.32.